The molecule has 1 aromatic heterocycles. The number of rotatable bonds is 4. The minimum absolute atomic E-state index is 0.426. The third-order valence-electron chi connectivity index (χ3n) is 3.76. The first-order chi connectivity index (χ1) is 9.35. The average molecular weight is 257 g/mol. The summed E-state index contributed by atoms with van der Waals surface area (Å²) in [6.07, 6.45) is 6.74. The Morgan fingerprint density at radius 2 is 2.05 bits per heavy atom. The second-order valence-electron chi connectivity index (χ2n) is 5.22. The Morgan fingerprint density at radius 3 is 2.84 bits per heavy atom. The van der Waals surface area contributed by atoms with Crippen LogP contribution < -0.4 is 5.66 Å². The highest BCUT2D eigenvalue weighted by molar-refractivity contribution is 6.44. The van der Waals surface area contributed by atoms with Gasteiger partial charge in [0.2, 0.25) is 0 Å². The van der Waals surface area contributed by atoms with Gasteiger partial charge in [-0.2, -0.15) is 0 Å². The van der Waals surface area contributed by atoms with E-state index in [9.17, 15) is 0 Å². The van der Waals surface area contributed by atoms with Crippen molar-refractivity contribution in [3.8, 4) is 0 Å². The quantitative estimate of drug-likeness (QED) is 0.856. The molecule has 1 fully saturated rings. The van der Waals surface area contributed by atoms with Gasteiger partial charge < -0.3 is 14.2 Å². The molecular formula is C15H18BO3. The summed E-state index contributed by atoms with van der Waals surface area (Å²) in [4.78, 5) is 0. The van der Waals surface area contributed by atoms with Gasteiger partial charge >= 0.3 is 7.48 Å². The first-order valence-corrected chi connectivity index (χ1v) is 6.96. The number of hydrogen-bond donors (Lipinski definition) is 1. The first kappa shape index (κ1) is 12.8. The van der Waals surface area contributed by atoms with Crippen molar-refractivity contribution in [1.29, 1.82) is 0 Å². The van der Waals surface area contributed by atoms with E-state index in [2.05, 4.69) is 6.07 Å². The molecule has 2 aromatic rings. The minimum atomic E-state index is 0.426. The lowest BCUT2D eigenvalue weighted by Gasteiger charge is -2.21. The molecule has 1 heterocycles. The number of hydrogen-bond acceptors (Lipinski definition) is 3. The molecule has 4 heteroatoms. The van der Waals surface area contributed by atoms with Crippen LogP contribution in [0.25, 0.3) is 11.0 Å². The second kappa shape index (κ2) is 5.80. The van der Waals surface area contributed by atoms with Gasteiger partial charge in [-0.05, 0) is 36.6 Å². The molecular weight excluding hydrogens is 239 g/mol. The summed E-state index contributed by atoms with van der Waals surface area (Å²) in [5.74, 6) is 0. The van der Waals surface area contributed by atoms with E-state index in [0.29, 0.717) is 18.4 Å². The third kappa shape index (κ3) is 3.02. The van der Waals surface area contributed by atoms with Gasteiger partial charge in [0.25, 0.3) is 0 Å². The summed E-state index contributed by atoms with van der Waals surface area (Å²) in [6, 6.07) is 7.85. The Balaban J connectivity index is 1.66. The smallest absolute Gasteiger partial charge is 0.373 e. The highest BCUT2D eigenvalue weighted by Crippen LogP contribution is 2.22. The molecule has 0 bridgehead atoms. The maximum Gasteiger partial charge on any atom is 0.373 e. The van der Waals surface area contributed by atoms with Gasteiger partial charge in [0.15, 0.2) is 0 Å². The van der Waals surface area contributed by atoms with Crippen molar-refractivity contribution in [2.75, 3.05) is 0 Å². The molecule has 1 aliphatic rings. The van der Waals surface area contributed by atoms with Crippen LogP contribution in [0.4, 0.5) is 0 Å². The molecule has 0 aliphatic heterocycles. The van der Waals surface area contributed by atoms with Crippen LogP contribution in [-0.4, -0.2) is 18.6 Å². The van der Waals surface area contributed by atoms with Gasteiger partial charge in [-0.15, -0.1) is 0 Å². The molecule has 0 spiro atoms. The topological polar surface area (TPSA) is 42.6 Å². The SMILES string of the molecule is O[B]c1cc2cc(COC3CCCCC3)ccc2o1. The molecule has 0 amide bonds. The summed E-state index contributed by atoms with van der Waals surface area (Å²) < 4.78 is 11.4. The predicted molar refractivity (Wildman–Crippen MR) is 75.5 cm³/mol. The van der Waals surface area contributed by atoms with Gasteiger partial charge in [0.1, 0.15) is 5.58 Å². The third-order valence-corrected chi connectivity index (χ3v) is 3.76. The van der Waals surface area contributed by atoms with Crippen molar-refractivity contribution in [3.63, 3.8) is 0 Å². The summed E-state index contributed by atoms with van der Waals surface area (Å²) >= 11 is 0. The normalized spacial score (nSPS) is 16.9. The van der Waals surface area contributed by atoms with Gasteiger partial charge in [-0.1, -0.05) is 25.3 Å². The van der Waals surface area contributed by atoms with Gasteiger partial charge in [0.05, 0.1) is 18.4 Å². The fourth-order valence-electron chi connectivity index (χ4n) is 2.71. The van der Waals surface area contributed by atoms with Crippen LogP contribution in [-0.2, 0) is 11.3 Å². The Morgan fingerprint density at radius 1 is 1.21 bits per heavy atom. The number of ether oxygens (including phenoxy) is 1. The van der Waals surface area contributed by atoms with Crippen molar-refractivity contribution in [1.82, 2.24) is 0 Å². The van der Waals surface area contributed by atoms with Crippen LogP contribution in [0.5, 0.6) is 0 Å². The fraction of sp³-hybridized carbons (Fsp3) is 0.467. The molecule has 3 rings (SSSR count). The van der Waals surface area contributed by atoms with E-state index in [4.69, 9.17) is 14.2 Å². The van der Waals surface area contributed by atoms with Crippen LogP contribution >= 0.6 is 0 Å². The van der Waals surface area contributed by atoms with Crippen molar-refractivity contribution in [2.45, 2.75) is 44.8 Å². The van der Waals surface area contributed by atoms with Crippen LogP contribution in [0.15, 0.2) is 28.7 Å². The Hall–Kier alpha value is -1.26. The summed E-state index contributed by atoms with van der Waals surface area (Å²) in [6.45, 7) is 0.657. The van der Waals surface area contributed by atoms with Crippen molar-refractivity contribution in [3.05, 3.63) is 29.8 Å². The van der Waals surface area contributed by atoms with E-state index >= 15 is 0 Å². The van der Waals surface area contributed by atoms with Crippen molar-refractivity contribution < 1.29 is 14.2 Å². The van der Waals surface area contributed by atoms with Crippen molar-refractivity contribution in [2.24, 2.45) is 0 Å². The van der Waals surface area contributed by atoms with E-state index in [1.54, 1.807) is 0 Å². The van der Waals surface area contributed by atoms with Gasteiger partial charge in [0, 0.05) is 5.39 Å². The van der Waals surface area contributed by atoms with Crippen LogP contribution in [0.1, 0.15) is 37.7 Å². The predicted octanol–water partition coefficient (Wildman–Crippen LogP) is 2.52. The first-order valence-electron chi connectivity index (χ1n) is 6.96. The summed E-state index contributed by atoms with van der Waals surface area (Å²) in [5.41, 5.74) is 2.44. The molecule has 1 N–H and O–H groups in total. The minimum Gasteiger partial charge on any atom is -0.469 e. The van der Waals surface area contributed by atoms with Crippen LogP contribution in [0.3, 0.4) is 0 Å². The molecule has 1 aromatic carbocycles. The molecule has 3 nitrogen and oxygen atoms in total. The zero-order chi connectivity index (χ0) is 13.1. The Kier molecular flexibility index (Phi) is 3.90. The highest BCUT2D eigenvalue weighted by Gasteiger charge is 2.13. The molecule has 1 aliphatic carbocycles. The van der Waals surface area contributed by atoms with E-state index in [0.717, 1.165) is 24.0 Å². The monoisotopic (exact) mass is 257 g/mol. The van der Waals surface area contributed by atoms with E-state index in [-0.39, 0.29) is 0 Å². The maximum atomic E-state index is 8.94. The summed E-state index contributed by atoms with van der Waals surface area (Å²) in [7, 11) is 0.984. The number of benzene rings is 1. The fourth-order valence-corrected chi connectivity index (χ4v) is 2.71. The molecule has 1 saturated carbocycles. The summed E-state index contributed by atoms with van der Waals surface area (Å²) in [5, 5.41) is 9.94. The second-order valence-corrected chi connectivity index (χ2v) is 5.22. The highest BCUT2D eigenvalue weighted by atomic mass is 16.5. The molecule has 0 saturated heterocycles. The lowest BCUT2D eigenvalue weighted by Crippen LogP contribution is -2.16. The molecule has 1 radical (unpaired) electrons. The molecule has 0 unspecified atom stereocenters. The largest absolute Gasteiger partial charge is 0.469 e. The van der Waals surface area contributed by atoms with Crippen LogP contribution in [0, 0.1) is 0 Å². The van der Waals surface area contributed by atoms with E-state index in [1.807, 2.05) is 18.2 Å². The zero-order valence-corrected chi connectivity index (χ0v) is 11.0. The molecule has 19 heavy (non-hydrogen) atoms. The lowest BCUT2D eigenvalue weighted by atomic mass is 9.97. The molecule has 0 atom stereocenters. The van der Waals surface area contributed by atoms with Gasteiger partial charge in [-0.25, -0.2) is 0 Å². The van der Waals surface area contributed by atoms with Crippen molar-refractivity contribution >= 4 is 24.1 Å². The zero-order valence-electron chi connectivity index (χ0n) is 11.0. The van der Waals surface area contributed by atoms with E-state index in [1.165, 1.54) is 32.1 Å². The Labute approximate surface area is 113 Å². The lowest BCUT2D eigenvalue weighted by molar-refractivity contribution is 0.0169. The molecule has 99 valence electrons. The maximum absolute atomic E-state index is 8.94. The van der Waals surface area contributed by atoms with Gasteiger partial charge in [-0.3, -0.25) is 0 Å². The number of furan rings is 1. The van der Waals surface area contributed by atoms with E-state index < -0.39 is 0 Å². The van der Waals surface area contributed by atoms with Crippen LogP contribution in [0.2, 0.25) is 0 Å². The Bertz CT molecular complexity index is 543. The average Bonchev–Trinajstić information content (AvgIpc) is 2.88. The number of fused-ring (bicyclic) bond motifs is 1. The standard InChI is InChI=1S/C15H18BO3/c17-16-15-9-12-8-11(6-7-14(12)19-15)10-18-13-4-2-1-3-5-13/h6-9,13,17H,1-5,10H2.